The molecule has 112 valence electrons. The van der Waals surface area contributed by atoms with Crippen LogP contribution in [0.25, 0.3) is 0 Å². The van der Waals surface area contributed by atoms with Crippen LogP contribution in [0.1, 0.15) is 5.56 Å². The van der Waals surface area contributed by atoms with Crippen molar-refractivity contribution < 1.29 is 27.0 Å². The molecule has 7 heteroatoms. The average molecular weight is 365 g/mol. The Morgan fingerprint density at radius 1 is 1.00 bits per heavy atom. The Morgan fingerprint density at radius 3 is 2.24 bits per heavy atom. The number of ether oxygens (including phenoxy) is 2. The number of halogens is 5. The number of benzene rings is 2. The van der Waals surface area contributed by atoms with E-state index in [4.69, 9.17) is 4.74 Å². The van der Waals surface area contributed by atoms with Crippen molar-refractivity contribution in [1.29, 1.82) is 0 Å². The van der Waals surface area contributed by atoms with Crippen molar-refractivity contribution in [2.75, 3.05) is 0 Å². The van der Waals surface area contributed by atoms with Gasteiger partial charge in [-0.25, -0.2) is 4.39 Å². The lowest BCUT2D eigenvalue weighted by molar-refractivity contribution is -0.274. The van der Waals surface area contributed by atoms with Gasteiger partial charge in [-0.05, 0) is 51.8 Å². The lowest BCUT2D eigenvalue weighted by Gasteiger charge is -2.10. The zero-order valence-corrected chi connectivity index (χ0v) is 12.0. The molecular formula is C14H9BrF4O2. The number of hydrogen-bond acceptors (Lipinski definition) is 2. The summed E-state index contributed by atoms with van der Waals surface area (Å²) >= 11 is 3.16. The van der Waals surface area contributed by atoms with Crippen molar-refractivity contribution in [3.05, 3.63) is 58.3 Å². The molecule has 0 bridgehead atoms. The van der Waals surface area contributed by atoms with E-state index < -0.39 is 12.2 Å². The summed E-state index contributed by atoms with van der Waals surface area (Å²) in [7, 11) is 0. The monoisotopic (exact) mass is 364 g/mol. The van der Waals surface area contributed by atoms with Crippen LogP contribution in [0.2, 0.25) is 0 Å². The van der Waals surface area contributed by atoms with Crippen LogP contribution >= 0.6 is 15.9 Å². The highest BCUT2D eigenvalue weighted by Crippen LogP contribution is 2.27. The Kier molecular flexibility index (Phi) is 4.72. The van der Waals surface area contributed by atoms with Gasteiger partial charge < -0.3 is 9.47 Å². The third-order valence-electron chi connectivity index (χ3n) is 2.45. The molecule has 2 aromatic rings. The van der Waals surface area contributed by atoms with E-state index in [1.807, 2.05) is 0 Å². The first-order valence-electron chi connectivity index (χ1n) is 5.76. The van der Waals surface area contributed by atoms with E-state index in [-0.39, 0.29) is 12.4 Å². The van der Waals surface area contributed by atoms with Crippen molar-refractivity contribution in [1.82, 2.24) is 0 Å². The fraction of sp³-hybridized carbons (Fsp3) is 0.143. The molecule has 2 nitrogen and oxygen atoms in total. The summed E-state index contributed by atoms with van der Waals surface area (Å²) < 4.78 is 58.6. The first-order valence-corrected chi connectivity index (χ1v) is 6.55. The summed E-state index contributed by atoms with van der Waals surface area (Å²) in [5.41, 5.74) is 0.653. The summed E-state index contributed by atoms with van der Waals surface area (Å²) in [6.45, 7) is 0.135. The molecule has 0 heterocycles. The molecule has 0 spiro atoms. The number of alkyl halides is 3. The lowest BCUT2D eigenvalue weighted by atomic mass is 10.2. The quantitative estimate of drug-likeness (QED) is 0.705. The van der Waals surface area contributed by atoms with Gasteiger partial charge in [0.25, 0.3) is 0 Å². The summed E-state index contributed by atoms with van der Waals surface area (Å²) in [4.78, 5) is 0. The highest BCUT2D eigenvalue weighted by atomic mass is 79.9. The minimum Gasteiger partial charge on any atom is -0.488 e. The minimum absolute atomic E-state index is 0.135. The molecule has 2 aromatic carbocycles. The van der Waals surface area contributed by atoms with Crippen LogP contribution in [-0.2, 0) is 6.61 Å². The molecule has 0 aliphatic heterocycles. The molecular weight excluding hydrogens is 356 g/mol. The second-order valence-corrected chi connectivity index (χ2v) is 4.91. The van der Waals surface area contributed by atoms with Gasteiger partial charge in [-0.2, -0.15) is 0 Å². The molecule has 0 fully saturated rings. The van der Waals surface area contributed by atoms with Gasteiger partial charge in [0.05, 0.1) is 4.47 Å². The topological polar surface area (TPSA) is 18.5 Å². The Labute approximate surface area is 126 Å². The van der Waals surface area contributed by atoms with Gasteiger partial charge in [0.1, 0.15) is 23.9 Å². The first-order chi connectivity index (χ1) is 9.83. The van der Waals surface area contributed by atoms with E-state index in [2.05, 4.69) is 20.7 Å². The normalized spacial score (nSPS) is 11.3. The van der Waals surface area contributed by atoms with Gasteiger partial charge in [-0.3, -0.25) is 0 Å². The van der Waals surface area contributed by atoms with Gasteiger partial charge in [0, 0.05) is 0 Å². The standard InChI is InChI=1S/C14H9BrF4O2/c15-12-7-10(16)3-6-13(12)20-8-9-1-4-11(5-2-9)21-14(17,18)19/h1-7H,8H2. The summed E-state index contributed by atoms with van der Waals surface area (Å²) in [6, 6.07) is 9.28. The molecule has 0 radical (unpaired) electrons. The SMILES string of the molecule is Fc1ccc(OCc2ccc(OC(F)(F)F)cc2)c(Br)c1. The Hall–Kier alpha value is -1.76. The smallest absolute Gasteiger partial charge is 0.488 e. The maximum Gasteiger partial charge on any atom is 0.573 e. The first kappa shape index (κ1) is 15.6. The predicted molar refractivity (Wildman–Crippen MR) is 71.6 cm³/mol. The molecule has 0 N–H and O–H groups in total. The van der Waals surface area contributed by atoms with Crippen LogP contribution in [-0.4, -0.2) is 6.36 Å². The van der Waals surface area contributed by atoms with Crippen LogP contribution < -0.4 is 9.47 Å². The molecule has 0 atom stereocenters. The van der Waals surface area contributed by atoms with Gasteiger partial charge in [-0.15, -0.1) is 13.2 Å². The van der Waals surface area contributed by atoms with Crippen molar-refractivity contribution in [3.63, 3.8) is 0 Å². The van der Waals surface area contributed by atoms with E-state index in [9.17, 15) is 17.6 Å². The van der Waals surface area contributed by atoms with E-state index in [0.29, 0.717) is 15.8 Å². The highest BCUT2D eigenvalue weighted by molar-refractivity contribution is 9.10. The van der Waals surface area contributed by atoms with Crippen LogP contribution in [0.5, 0.6) is 11.5 Å². The largest absolute Gasteiger partial charge is 0.573 e. The number of hydrogen-bond donors (Lipinski definition) is 0. The summed E-state index contributed by atoms with van der Waals surface area (Å²) in [5, 5.41) is 0. The second-order valence-electron chi connectivity index (χ2n) is 4.06. The average Bonchev–Trinajstić information content (AvgIpc) is 2.38. The summed E-state index contributed by atoms with van der Waals surface area (Å²) in [6.07, 6.45) is -4.71. The van der Waals surface area contributed by atoms with Crippen molar-refractivity contribution in [2.24, 2.45) is 0 Å². The molecule has 0 unspecified atom stereocenters. The fourth-order valence-electron chi connectivity index (χ4n) is 1.54. The Morgan fingerprint density at radius 2 is 1.67 bits per heavy atom. The second kappa shape index (κ2) is 6.34. The van der Waals surface area contributed by atoms with E-state index in [0.717, 1.165) is 0 Å². The van der Waals surface area contributed by atoms with Gasteiger partial charge in [-0.1, -0.05) is 12.1 Å². The van der Waals surface area contributed by atoms with Crippen molar-refractivity contribution >= 4 is 15.9 Å². The van der Waals surface area contributed by atoms with Crippen LogP contribution in [0.3, 0.4) is 0 Å². The van der Waals surface area contributed by atoms with Crippen molar-refractivity contribution in [3.8, 4) is 11.5 Å². The predicted octanol–water partition coefficient (Wildman–Crippen LogP) is 5.07. The molecule has 0 amide bonds. The maximum atomic E-state index is 12.9. The molecule has 0 saturated carbocycles. The lowest BCUT2D eigenvalue weighted by Crippen LogP contribution is -2.17. The summed E-state index contributed by atoms with van der Waals surface area (Å²) in [5.74, 6) is -0.260. The van der Waals surface area contributed by atoms with Crippen molar-refractivity contribution in [2.45, 2.75) is 13.0 Å². The molecule has 0 aliphatic carbocycles. The van der Waals surface area contributed by atoms with Gasteiger partial charge >= 0.3 is 6.36 Å². The Bertz CT molecular complexity index is 611. The zero-order chi connectivity index (χ0) is 15.5. The highest BCUT2D eigenvalue weighted by Gasteiger charge is 2.30. The fourth-order valence-corrected chi connectivity index (χ4v) is 2.01. The third-order valence-corrected chi connectivity index (χ3v) is 3.06. The molecule has 0 saturated heterocycles. The number of rotatable bonds is 4. The third kappa shape index (κ3) is 4.93. The van der Waals surface area contributed by atoms with Crippen LogP contribution in [0.4, 0.5) is 17.6 Å². The minimum atomic E-state index is -4.71. The Balaban J connectivity index is 1.97. The van der Waals surface area contributed by atoms with Crippen LogP contribution in [0.15, 0.2) is 46.9 Å². The zero-order valence-electron chi connectivity index (χ0n) is 10.5. The molecule has 2 rings (SSSR count). The van der Waals surface area contributed by atoms with E-state index >= 15 is 0 Å². The van der Waals surface area contributed by atoms with Crippen LogP contribution in [0, 0.1) is 5.82 Å². The van der Waals surface area contributed by atoms with E-state index in [1.165, 1.54) is 42.5 Å². The molecule has 0 aromatic heterocycles. The van der Waals surface area contributed by atoms with Gasteiger partial charge in [0.2, 0.25) is 0 Å². The maximum absolute atomic E-state index is 12.9. The molecule has 21 heavy (non-hydrogen) atoms. The van der Waals surface area contributed by atoms with Gasteiger partial charge in [0.15, 0.2) is 0 Å². The molecule has 0 aliphatic rings. The van der Waals surface area contributed by atoms with E-state index in [1.54, 1.807) is 0 Å².